The lowest BCUT2D eigenvalue weighted by molar-refractivity contribution is 0.592. The van der Waals surface area contributed by atoms with Gasteiger partial charge in [-0.2, -0.15) is 4.52 Å². The SMILES string of the molecule is Cc1ccc(S(=O)(=O)c2nnn3c2nc(N2c4ccccc4C[C@@H]2C)c2ccccc23)cc1. The molecule has 0 N–H and O–H groups in total. The Morgan fingerprint density at radius 1 is 0.939 bits per heavy atom. The minimum Gasteiger partial charge on any atom is -0.322 e. The Balaban J connectivity index is 1.64. The molecule has 164 valence electrons. The number of aryl methyl sites for hydroxylation is 1. The number of aromatic nitrogens is 4. The van der Waals surface area contributed by atoms with Crippen LogP contribution >= 0.6 is 0 Å². The van der Waals surface area contributed by atoms with E-state index < -0.39 is 9.84 Å². The van der Waals surface area contributed by atoms with Crippen LogP contribution in [0.3, 0.4) is 0 Å². The maximum absolute atomic E-state index is 13.5. The van der Waals surface area contributed by atoms with Crippen LogP contribution in [0.4, 0.5) is 11.5 Å². The highest BCUT2D eigenvalue weighted by Crippen LogP contribution is 2.40. The predicted octanol–water partition coefficient (Wildman–Crippen LogP) is 4.50. The molecule has 2 aromatic heterocycles. The molecule has 7 nitrogen and oxygen atoms in total. The summed E-state index contributed by atoms with van der Waals surface area (Å²) in [5, 5.41) is 9.03. The van der Waals surface area contributed by atoms with Gasteiger partial charge in [0.1, 0.15) is 5.82 Å². The average molecular weight is 456 g/mol. The molecular formula is C25H21N5O2S. The number of anilines is 2. The van der Waals surface area contributed by atoms with E-state index in [1.807, 2.05) is 43.3 Å². The van der Waals surface area contributed by atoms with Gasteiger partial charge in [0.2, 0.25) is 14.9 Å². The Bertz CT molecular complexity index is 1640. The topological polar surface area (TPSA) is 80.5 Å². The van der Waals surface area contributed by atoms with Gasteiger partial charge in [0, 0.05) is 17.1 Å². The van der Waals surface area contributed by atoms with Crippen molar-refractivity contribution in [3.8, 4) is 0 Å². The van der Waals surface area contributed by atoms with Crippen molar-refractivity contribution in [3.05, 3.63) is 83.9 Å². The number of hydrogen-bond acceptors (Lipinski definition) is 6. The van der Waals surface area contributed by atoms with E-state index in [1.165, 1.54) is 10.1 Å². The van der Waals surface area contributed by atoms with Gasteiger partial charge in [-0.05, 0) is 56.2 Å². The molecule has 0 unspecified atom stereocenters. The van der Waals surface area contributed by atoms with Crippen LogP contribution in [0.5, 0.6) is 0 Å². The fourth-order valence-corrected chi connectivity index (χ4v) is 5.84. The highest BCUT2D eigenvalue weighted by atomic mass is 32.2. The van der Waals surface area contributed by atoms with Gasteiger partial charge in [0.25, 0.3) is 0 Å². The van der Waals surface area contributed by atoms with E-state index in [-0.39, 0.29) is 21.6 Å². The standard InChI is InChI=1S/C25H21N5O2S/c1-16-11-13-19(14-12-16)33(31,32)25-24-26-23(20-8-4-6-10-22(20)30(24)28-27-25)29-17(2)15-18-7-3-5-9-21(18)29/h3-14,17H,15H2,1-2H3/t17-/m0/s1. The third kappa shape index (κ3) is 2.94. The molecule has 0 radical (unpaired) electrons. The molecule has 0 aliphatic carbocycles. The normalized spacial score (nSPS) is 15.9. The molecule has 1 atom stereocenters. The number of sulfone groups is 1. The van der Waals surface area contributed by atoms with Crippen molar-refractivity contribution in [2.45, 2.75) is 36.2 Å². The van der Waals surface area contributed by atoms with Gasteiger partial charge in [-0.1, -0.05) is 53.2 Å². The lowest BCUT2D eigenvalue weighted by Crippen LogP contribution is -2.25. The molecule has 1 aliphatic heterocycles. The minimum atomic E-state index is -3.90. The summed E-state index contributed by atoms with van der Waals surface area (Å²) >= 11 is 0. The molecule has 0 bridgehead atoms. The van der Waals surface area contributed by atoms with Crippen molar-refractivity contribution in [2.24, 2.45) is 0 Å². The molecule has 1 aliphatic rings. The van der Waals surface area contributed by atoms with Crippen LogP contribution in [0.1, 0.15) is 18.1 Å². The van der Waals surface area contributed by atoms with Crippen LogP contribution in [0, 0.1) is 6.92 Å². The summed E-state index contributed by atoms with van der Waals surface area (Å²) in [6.45, 7) is 4.07. The number of rotatable bonds is 3. The van der Waals surface area contributed by atoms with Crippen molar-refractivity contribution in [1.82, 2.24) is 19.8 Å². The van der Waals surface area contributed by atoms with Crippen molar-refractivity contribution in [2.75, 3.05) is 4.90 Å². The maximum atomic E-state index is 13.5. The summed E-state index contributed by atoms with van der Waals surface area (Å²) < 4.78 is 28.5. The van der Waals surface area contributed by atoms with Crippen LogP contribution in [-0.2, 0) is 16.3 Å². The first-order chi connectivity index (χ1) is 15.9. The zero-order valence-electron chi connectivity index (χ0n) is 18.2. The van der Waals surface area contributed by atoms with E-state index in [4.69, 9.17) is 4.98 Å². The van der Waals surface area contributed by atoms with Crippen LogP contribution in [-0.4, -0.2) is 34.3 Å². The maximum Gasteiger partial charge on any atom is 0.229 e. The monoisotopic (exact) mass is 455 g/mol. The highest BCUT2D eigenvalue weighted by Gasteiger charge is 2.32. The summed E-state index contributed by atoms with van der Waals surface area (Å²) in [7, 11) is -3.90. The second-order valence-electron chi connectivity index (χ2n) is 8.45. The van der Waals surface area contributed by atoms with E-state index in [0.717, 1.165) is 28.6 Å². The van der Waals surface area contributed by atoms with E-state index in [9.17, 15) is 8.42 Å². The first-order valence-corrected chi connectivity index (χ1v) is 12.3. The first kappa shape index (κ1) is 19.9. The van der Waals surface area contributed by atoms with E-state index in [2.05, 4.69) is 34.3 Å². The van der Waals surface area contributed by atoms with Gasteiger partial charge in [-0.15, -0.1) is 5.10 Å². The van der Waals surface area contributed by atoms with Gasteiger partial charge < -0.3 is 4.90 Å². The molecule has 5 aromatic rings. The largest absolute Gasteiger partial charge is 0.322 e. The fourth-order valence-electron chi connectivity index (χ4n) is 4.60. The van der Waals surface area contributed by atoms with Crippen molar-refractivity contribution < 1.29 is 8.42 Å². The highest BCUT2D eigenvalue weighted by molar-refractivity contribution is 7.91. The Morgan fingerprint density at radius 3 is 2.48 bits per heavy atom. The second-order valence-corrected chi connectivity index (χ2v) is 10.3. The summed E-state index contributed by atoms with van der Waals surface area (Å²) in [6, 6.07) is 22.9. The molecule has 0 amide bonds. The summed E-state index contributed by atoms with van der Waals surface area (Å²) in [5.41, 5.74) is 4.29. The van der Waals surface area contributed by atoms with Crippen LogP contribution in [0.2, 0.25) is 0 Å². The summed E-state index contributed by atoms with van der Waals surface area (Å²) in [5.74, 6) is 0.707. The number of fused-ring (bicyclic) bond motifs is 4. The number of nitrogens with zero attached hydrogens (tertiary/aromatic N) is 5. The Hall–Kier alpha value is -3.78. The third-order valence-corrected chi connectivity index (χ3v) is 7.89. The lowest BCUT2D eigenvalue weighted by atomic mass is 10.1. The summed E-state index contributed by atoms with van der Waals surface area (Å²) in [4.78, 5) is 7.25. The first-order valence-electron chi connectivity index (χ1n) is 10.8. The Kier molecular flexibility index (Phi) is 4.28. The molecule has 8 heteroatoms. The zero-order valence-corrected chi connectivity index (χ0v) is 19.0. The molecule has 3 heterocycles. The quantitative estimate of drug-likeness (QED) is 0.398. The minimum absolute atomic E-state index is 0.140. The van der Waals surface area contributed by atoms with Gasteiger partial charge in [-0.3, -0.25) is 0 Å². The van der Waals surface area contributed by atoms with Crippen molar-refractivity contribution >= 4 is 37.9 Å². The summed E-state index contributed by atoms with van der Waals surface area (Å²) in [6.07, 6.45) is 0.892. The number of benzene rings is 3. The van der Waals surface area contributed by atoms with Gasteiger partial charge >= 0.3 is 0 Å². The predicted molar refractivity (Wildman–Crippen MR) is 127 cm³/mol. The molecule has 0 fully saturated rings. The molecule has 3 aromatic carbocycles. The number of hydrogen-bond donors (Lipinski definition) is 0. The van der Waals surface area contributed by atoms with Crippen molar-refractivity contribution in [3.63, 3.8) is 0 Å². The van der Waals surface area contributed by atoms with Gasteiger partial charge in [0.15, 0.2) is 5.65 Å². The molecule has 0 saturated carbocycles. The number of para-hydroxylation sites is 2. The second kappa shape index (κ2) is 7.11. The molecular weight excluding hydrogens is 434 g/mol. The van der Waals surface area contributed by atoms with E-state index in [1.54, 1.807) is 24.3 Å². The molecule has 6 rings (SSSR count). The van der Waals surface area contributed by atoms with E-state index in [0.29, 0.717) is 5.82 Å². The smallest absolute Gasteiger partial charge is 0.229 e. The van der Waals surface area contributed by atoms with Gasteiger partial charge in [0.05, 0.1) is 10.4 Å². The van der Waals surface area contributed by atoms with Crippen molar-refractivity contribution in [1.29, 1.82) is 0 Å². The average Bonchev–Trinajstić information content (AvgIpc) is 3.39. The Morgan fingerprint density at radius 2 is 1.67 bits per heavy atom. The molecule has 33 heavy (non-hydrogen) atoms. The lowest BCUT2D eigenvalue weighted by Gasteiger charge is -2.25. The fraction of sp³-hybridized carbons (Fsp3) is 0.160. The molecule has 0 saturated heterocycles. The van der Waals surface area contributed by atoms with E-state index >= 15 is 0 Å². The zero-order chi connectivity index (χ0) is 22.7. The van der Waals surface area contributed by atoms with Crippen LogP contribution in [0.15, 0.2) is 82.7 Å². The molecule has 0 spiro atoms. The third-order valence-electron chi connectivity index (χ3n) is 6.22. The Labute approximate surface area is 191 Å². The van der Waals surface area contributed by atoms with Crippen LogP contribution < -0.4 is 4.90 Å². The van der Waals surface area contributed by atoms with Crippen LogP contribution in [0.25, 0.3) is 16.6 Å². The van der Waals surface area contributed by atoms with Gasteiger partial charge in [-0.25, -0.2) is 13.4 Å².